The average Bonchev–Trinajstić information content (AvgIpc) is 3.18. The second-order valence-electron chi connectivity index (χ2n) is 12.6. The standard InChI is InChI=1S/C35H34Cl2N4O6S/c1-34(2,3)47-32(45)39-29(30(43)46-20-21-10-8-7-9-11-21)19-25(42)17-22-16-24(12-14-26(22)36)41-33(48)40(31(44)35(41,4)5)23-13-15-28(38-6)27(37)18-23/h7-16,18,29H,17,19-20H2,1-5H3,(H,39,45)/t29-/m0/s1. The smallest absolute Gasteiger partial charge is 0.408 e. The molecule has 250 valence electrons. The van der Waals surface area contributed by atoms with Crippen LogP contribution in [0.3, 0.4) is 0 Å². The topological polar surface area (TPSA) is 110 Å². The molecule has 1 fully saturated rings. The molecule has 1 aliphatic heterocycles. The Labute approximate surface area is 294 Å². The number of nitrogens with one attached hydrogen (secondary N) is 1. The molecule has 1 N–H and O–H groups in total. The Balaban J connectivity index is 1.55. The van der Waals surface area contributed by atoms with Crippen molar-refractivity contribution in [2.75, 3.05) is 9.80 Å². The Bertz CT molecular complexity index is 1800. The summed E-state index contributed by atoms with van der Waals surface area (Å²) in [6.45, 7) is 15.7. The maximum atomic E-state index is 13.6. The summed E-state index contributed by atoms with van der Waals surface area (Å²) in [7, 11) is 0. The van der Waals surface area contributed by atoms with Crippen molar-refractivity contribution in [3.05, 3.63) is 99.3 Å². The molecule has 0 bridgehead atoms. The number of ketones is 1. The van der Waals surface area contributed by atoms with E-state index in [9.17, 15) is 19.2 Å². The Kier molecular flexibility index (Phi) is 11.1. The highest BCUT2D eigenvalue weighted by Gasteiger charge is 2.50. The molecule has 0 aliphatic carbocycles. The SMILES string of the molecule is [C-]#[N+]c1ccc(N2C(=O)C(C)(C)N(c3ccc(Cl)c(CC(=O)C[C@H](NC(=O)OC(C)(C)C)C(=O)OCc4ccccc4)c3)C2=S)cc1Cl. The fourth-order valence-electron chi connectivity index (χ4n) is 5.00. The predicted molar refractivity (Wildman–Crippen MR) is 189 cm³/mol. The molecular weight excluding hydrogens is 675 g/mol. The zero-order valence-corrected chi connectivity index (χ0v) is 29.3. The van der Waals surface area contributed by atoms with Crippen LogP contribution in [0.4, 0.5) is 21.9 Å². The number of nitrogens with zero attached hydrogens (tertiary/aromatic N) is 3. The number of esters is 1. The summed E-state index contributed by atoms with van der Waals surface area (Å²) in [5.41, 5.74) is 0.334. The fourth-order valence-corrected chi connectivity index (χ4v) is 5.93. The minimum atomic E-state index is -1.32. The van der Waals surface area contributed by atoms with Crippen molar-refractivity contribution in [1.29, 1.82) is 0 Å². The first kappa shape index (κ1) is 36.3. The fraction of sp³-hybridized carbons (Fsp3) is 0.314. The highest BCUT2D eigenvalue weighted by molar-refractivity contribution is 7.81. The molecule has 0 saturated carbocycles. The van der Waals surface area contributed by atoms with Gasteiger partial charge in [0.25, 0.3) is 5.91 Å². The molecule has 1 heterocycles. The van der Waals surface area contributed by atoms with Gasteiger partial charge < -0.3 is 19.7 Å². The molecule has 48 heavy (non-hydrogen) atoms. The van der Waals surface area contributed by atoms with Gasteiger partial charge in [-0.05, 0) is 88.3 Å². The third-order valence-corrected chi connectivity index (χ3v) is 8.32. The van der Waals surface area contributed by atoms with E-state index in [4.69, 9.17) is 51.5 Å². The Morgan fingerprint density at radius 1 is 1.00 bits per heavy atom. The zero-order valence-electron chi connectivity index (χ0n) is 27.0. The van der Waals surface area contributed by atoms with E-state index >= 15 is 0 Å². The maximum absolute atomic E-state index is 13.6. The summed E-state index contributed by atoms with van der Waals surface area (Å²) >= 11 is 18.6. The van der Waals surface area contributed by atoms with E-state index in [0.717, 1.165) is 5.56 Å². The van der Waals surface area contributed by atoms with Gasteiger partial charge in [0.05, 0.1) is 12.3 Å². The van der Waals surface area contributed by atoms with E-state index < -0.39 is 41.4 Å². The highest BCUT2D eigenvalue weighted by atomic mass is 35.5. The molecule has 2 amide bonds. The number of anilines is 2. The molecule has 1 saturated heterocycles. The van der Waals surface area contributed by atoms with Gasteiger partial charge in [-0.2, -0.15) is 0 Å². The summed E-state index contributed by atoms with van der Waals surface area (Å²) in [6.07, 6.45) is -1.47. The lowest BCUT2D eigenvalue weighted by Crippen LogP contribution is -2.45. The van der Waals surface area contributed by atoms with Gasteiger partial charge >= 0.3 is 12.1 Å². The predicted octanol–water partition coefficient (Wildman–Crippen LogP) is 7.60. The number of hydrogen-bond donors (Lipinski definition) is 1. The van der Waals surface area contributed by atoms with Gasteiger partial charge in [-0.25, -0.2) is 14.4 Å². The first-order chi connectivity index (χ1) is 22.5. The number of carbonyl (C=O) groups is 4. The van der Waals surface area contributed by atoms with E-state index in [0.29, 0.717) is 16.9 Å². The average molecular weight is 710 g/mol. The highest BCUT2D eigenvalue weighted by Crippen LogP contribution is 2.39. The van der Waals surface area contributed by atoms with Crippen LogP contribution >= 0.6 is 35.4 Å². The summed E-state index contributed by atoms with van der Waals surface area (Å²) in [5.74, 6) is -1.54. The number of thiocarbonyl (C=S) groups is 1. The third kappa shape index (κ3) is 8.50. The molecule has 0 spiro atoms. The van der Waals surface area contributed by atoms with Crippen molar-refractivity contribution in [3.63, 3.8) is 0 Å². The van der Waals surface area contributed by atoms with Gasteiger partial charge in [0.2, 0.25) is 5.69 Å². The summed E-state index contributed by atoms with van der Waals surface area (Å²) in [4.78, 5) is 59.1. The third-order valence-electron chi connectivity index (χ3n) is 7.28. The number of amides is 2. The lowest BCUT2D eigenvalue weighted by atomic mass is 10.00. The van der Waals surface area contributed by atoms with Crippen molar-refractivity contribution in [2.45, 2.75) is 71.2 Å². The lowest BCUT2D eigenvalue weighted by Gasteiger charge is -2.30. The molecule has 3 aromatic carbocycles. The molecule has 0 radical (unpaired) electrons. The van der Waals surface area contributed by atoms with E-state index in [2.05, 4.69) is 10.2 Å². The monoisotopic (exact) mass is 708 g/mol. The number of benzene rings is 3. The summed E-state index contributed by atoms with van der Waals surface area (Å²) < 4.78 is 10.7. The van der Waals surface area contributed by atoms with Crippen LogP contribution in [0.2, 0.25) is 10.0 Å². The number of ether oxygens (including phenoxy) is 2. The Morgan fingerprint density at radius 3 is 2.29 bits per heavy atom. The van der Waals surface area contributed by atoms with Crippen molar-refractivity contribution in [1.82, 2.24) is 5.32 Å². The van der Waals surface area contributed by atoms with E-state index in [1.165, 1.54) is 17.0 Å². The maximum Gasteiger partial charge on any atom is 0.408 e. The van der Waals surface area contributed by atoms with Crippen LogP contribution in [0.5, 0.6) is 0 Å². The molecule has 1 aliphatic rings. The van der Waals surface area contributed by atoms with Crippen LogP contribution in [0.15, 0.2) is 66.7 Å². The Morgan fingerprint density at radius 2 is 1.67 bits per heavy atom. The van der Waals surface area contributed by atoms with Gasteiger partial charge in [-0.15, -0.1) is 0 Å². The molecule has 3 aromatic rings. The van der Waals surface area contributed by atoms with Gasteiger partial charge in [-0.3, -0.25) is 14.5 Å². The van der Waals surface area contributed by atoms with E-state index in [-0.39, 0.29) is 39.8 Å². The molecule has 0 aromatic heterocycles. The second kappa shape index (κ2) is 14.7. The van der Waals surface area contributed by atoms with Gasteiger partial charge in [0.1, 0.15) is 29.6 Å². The largest absolute Gasteiger partial charge is 0.459 e. The number of halogens is 2. The van der Waals surface area contributed by atoms with Crippen LogP contribution in [0.1, 0.15) is 52.2 Å². The number of carbonyl (C=O) groups excluding carboxylic acids is 4. The number of hydrogen-bond acceptors (Lipinski definition) is 7. The van der Waals surface area contributed by atoms with Crippen LogP contribution in [0, 0.1) is 6.57 Å². The first-order valence-corrected chi connectivity index (χ1v) is 16.0. The summed E-state index contributed by atoms with van der Waals surface area (Å²) in [6, 6.07) is 17.2. The van der Waals surface area contributed by atoms with Crippen molar-refractivity contribution >= 4 is 81.3 Å². The first-order valence-electron chi connectivity index (χ1n) is 14.9. The van der Waals surface area contributed by atoms with Gasteiger partial charge in [0.15, 0.2) is 5.11 Å². The molecule has 4 rings (SSSR count). The molecule has 10 nitrogen and oxygen atoms in total. The van der Waals surface area contributed by atoms with Crippen molar-refractivity contribution < 1.29 is 28.7 Å². The normalized spacial score (nSPS) is 14.7. The van der Waals surface area contributed by atoms with Crippen LogP contribution in [-0.2, 0) is 36.9 Å². The van der Waals surface area contributed by atoms with E-state index in [1.54, 1.807) is 88.0 Å². The zero-order chi connectivity index (χ0) is 35.4. The van der Waals surface area contributed by atoms with Gasteiger partial charge in [-0.1, -0.05) is 59.6 Å². The van der Waals surface area contributed by atoms with Crippen molar-refractivity contribution in [2.24, 2.45) is 0 Å². The van der Waals surface area contributed by atoms with Gasteiger partial charge in [0, 0.05) is 28.6 Å². The number of alkyl carbamates (subject to hydrolysis) is 1. The van der Waals surface area contributed by atoms with Crippen LogP contribution in [0.25, 0.3) is 4.85 Å². The minimum Gasteiger partial charge on any atom is -0.459 e. The quantitative estimate of drug-likeness (QED) is 0.130. The molecule has 1 atom stereocenters. The molecule has 0 unspecified atom stereocenters. The van der Waals surface area contributed by atoms with Crippen LogP contribution in [-0.4, -0.2) is 46.0 Å². The number of rotatable bonds is 10. The molecular formula is C35H34Cl2N4O6S. The summed E-state index contributed by atoms with van der Waals surface area (Å²) in [5, 5.41) is 3.10. The Hall–Kier alpha value is -4.50. The lowest BCUT2D eigenvalue weighted by molar-refractivity contribution is -0.148. The number of Topliss-reactive ketones (excluding diaryl/α,β-unsaturated/α-hetero) is 1. The van der Waals surface area contributed by atoms with Crippen LogP contribution < -0.4 is 15.1 Å². The van der Waals surface area contributed by atoms with Crippen molar-refractivity contribution in [3.8, 4) is 0 Å². The van der Waals surface area contributed by atoms with E-state index in [1.807, 2.05) is 6.07 Å². The second-order valence-corrected chi connectivity index (χ2v) is 13.7. The minimum absolute atomic E-state index is 0.0502. The molecule has 13 heteroatoms.